The van der Waals surface area contributed by atoms with Crippen LogP contribution in [0.5, 0.6) is 0 Å². The van der Waals surface area contributed by atoms with Crippen molar-refractivity contribution in [2.24, 2.45) is 0 Å². The Morgan fingerprint density at radius 1 is 1.43 bits per heavy atom. The number of carbonyl (C=O) groups is 2. The zero-order chi connectivity index (χ0) is 16.0. The number of esters is 1. The Kier molecular flexibility index (Phi) is 5.75. The molecule has 7 heteroatoms. The van der Waals surface area contributed by atoms with Gasteiger partial charge in [-0.05, 0) is 34.6 Å². The summed E-state index contributed by atoms with van der Waals surface area (Å²) in [6, 6.07) is -0.336. The van der Waals surface area contributed by atoms with Gasteiger partial charge in [0.2, 0.25) is 0 Å². The lowest BCUT2D eigenvalue weighted by Gasteiger charge is -2.22. The molecule has 0 fully saturated rings. The molecule has 0 unspecified atom stereocenters. The maximum absolute atomic E-state index is 11.7. The average molecular weight is 297 g/mol. The van der Waals surface area contributed by atoms with Gasteiger partial charge in [0, 0.05) is 0 Å². The molecule has 0 aliphatic heterocycles. The van der Waals surface area contributed by atoms with Crippen LogP contribution in [0.1, 0.15) is 46.4 Å². The van der Waals surface area contributed by atoms with E-state index < -0.39 is 11.7 Å². The van der Waals surface area contributed by atoms with Crippen LogP contribution in [0.3, 0.4) is 0 Å². The van der Waals surface area contributed by atoms with E-state index in [1.54, 1.807) is 45.4 Å². The largest absolute Gasteiger partial charge is 0.465 e. The summed E-state index contributed by atoms with van der Waals surface area (Å²) in [6.07, 6.45) is 2.61. The van der Waals surface area contributed by atoms with Gasteiger partial charge in [0.25, 0.3) is 0 Å². The fraction of sp³-hybridized carbons (Fsp3) is 0.643. The summed E-state index contributed by atoms with van der Waals surface area (Å²) in [5.41, 5.74) is 0.142. The molecule has 1 amide bonds. The molecule has 1 atom stereocenters. The minimum absolute atomic E-state index is 0.0590. The first-order chi connectivity index (χ1) is 9.73. The van der Waals surface area contributed by atoms with Crippen molar-refractivity contribution in [3.05, 3.63) is 18.2 Å². The van der Waals surface area contributed by atoms with Gasteiger partial charge in [0.15, 0.2) is 0 Å². The van der Waals surface area contributed by atoms with Gasteiger partial charge in [-0.25, -0.2) is 9.78 Å². The van der Waals surface area contributed by atoms with Crippen LogP contribution in [0, 0.1) is 0 Å². The predicted molar refractivity (Wildman–Crippen MR) is 76.6 cm³/mol. The average Bonchev–Trinajstić information content (AvgIpc) is 2.74. The van der Waals surface area contributed by atoms with Gasteiger partial charge in [-0.3, -0.25) is 4.79 Å². The fourth-order valence-corrected chi connectivity index (χ4v) is 1.73. The Morgan fingerprint density at radius 3 is 2.67 bits per heavy atom. The molecule has 7 nitrogen and oxygen atoms in total. The third-order valence-corrected chi connectivity index (χ3v) is 2.53. The second-order valence-electron chi connectivity index (χ2n) is 5.62. The third kappa shape index (κ3) is 5.85. The van der Waals surface area contributed by atoms with Crippen LogP contribution >= 0.6 is 0 Å². The number of nitrogens with one attached hydrogen (secondary N) is 1. The molecule has 0 bridgehead atoms. The molecular weight excluding hydrogens is 274 g/mol. The van der Waals surface area contributed by atoms with Crippen molar-refractivity contribution in [2.45, 2.75) is 52.8 Å². The van der Waals surface area contributed by atoms with Crippen LogP contribution in [0.15, 0.2) is 12.5 Å². The summed E-state index contributed by atoms with van der Waals surface area (Å²) in [5.74, 6) is -0.346. The highest BCUT2D eigenvalue weighted by molar-refractivity contribution is 5.69. The number of carbonyl (C=O) groups excluding carboxylic acids is 2. The molecule has 0 aromatic carbocycles. The van der Waals surface area contributed by atoms with Crippen LogP contribution in [0.4, 0.5) is 4.79 Å². The first-order valence-corrected chi connectivity index (χ1v) is 6.88. The van der Waals surface area contributed by atoms with E-state index in [4.69, 9.17) is 9.47 Å². The van der Waals surface area contributed by atoms with Gasteiger partial charge in [0.1, 0.15) is 12.1 Å². The molecule has 118 valence electrons. The van der Waals surface area contributed by atoms with E-state index in [2.05, 4.69) is 10.3 Å². The van der Waals surface area contributed by atoms with E-state index in [1.165, 1.54) is 6.33 Å². The molecule has 0 spiro atoms. The van der Waals surface area contributed by atoms with Gasteiger partial charge in [0.05, 0.1) is 30.9 Å². The number of hydrogen-bond donors (Lipinski definition) is 1. The SMILES string of the molecule is CCOC(=O)Cn1cncc1[C@@H](C)NC(=O)OC(C)(C)C. The Balaban J connectivity index is 2.67. The molecular formula is C14H23N3O4. The minimum Gasteiger partial charge on any atom is -0.465 e. The Morgan fingerprint density at radius 2 is 2.10 bits per heavy atom. The molecule has 1 heterocycles. The number of amides is 1. The molecule has 0 aliphatic carbocycles. The topological polar surface area (TPSA) is 82.5 Å². The van der Waals surface area contributed by atoms with Crippen molar-refractivity contribution >= 4 is 12.1 Å². The summed E-state index contributed by atoms with van der Waals surface area (Å²) in [7, 11) is 0. The predicted octanol–water partition coefficient (Wildman–Crippen LogP) is 2.03. The Bertz CT molecular complexity index is 491. The van der Waals surface area contributed by atoms with E-state index in [1.807, 2.05) is 0 Å². The zero-order valence-electron chi connectivity index (χ0n) is 13.2. The smallest absolute Gasteiger partial charge is 0.408 e. The summed E-state index contributed by atoms with van der Waals surface area (Å²) in [5, 5.41) is 2.71. The second kappa shape index (κ2) is 7.10. The number of rotatable bonds is 5. The lowest BCUT2D eigenvalue weighted by Crippen LogP contribution is -2.34. The molecule has 1 aromatic rings. The third-order valence-electron chi connectivity index (χ3n) is 2.53. The van der Waals surface area contributed by atoms with Crippen LogP contribution in [0.25, 0.3) is 0 Å². The number of ether oxygens (including phenoxy) is 2. The fourth-order valence-electron chi connectivity index (χ4n) is 1.73. The van der Waals surface area contributed by atoms with Gasteiger partial charge >= 0.3 is 12.1 Å². The molecule has 0 saturated heterocycles. The molecule has 0 saturated carbocycles. The first-order valence-electron chi connectivity index (χ1n) is 6.88. The molecule has 0 radical (unpaired) electrons. The summed E-state index contributed by atoms with van der Waals surface area (Å²) >= 11 is 0. The van der Waals surface area contributed by atoms with Gasteiger partial charge in [-0.2, -0.15) is 0 Å². The zero-order valence-corrected chi connectivity index (χ0v) is 13.2. The Hall–Kier alpha value is -2.05. The quantitative estimate of drug-likeness (QED) is 0.841. The van der Waals surface area contributed by atoms with E-state index in [9.17, 15) is 9.59 Å². The standard InChI is InChI=1S/C14H23N3O4/c1-6-20-12(18)8-17-9-15-7-11(17)10(2)16-13(19)21-14(3,4)5/h7,9-10H,6,8H2,1-5H3,(H,16,19)/t10-/m1/s1. The minimum atomic E-state index is -0.561. The van der Waals surface area contributed by atoms with E-state index >= 15 is 0 Å². The highest BCUT2D eigenvalue weighted by Gasteiger charge is 2.20. The van der Waals surface area contributed by atoms with Gasteiger partial charge < -0.3 is 19.4 Å². The van der Waals surface area contributed by atoms with E-state index in [0.717, 1.165) is 0 Å². The van der Waals surface area contributed by atoms with Crippen LogP contribution in [0.2, 0.25) is 0 Å². The maximum Gasteiger partial charge on any atom is 0.408 e. The van der Waals surface area contributed by atoms with Crippen molar-refractivity contribution < 1.29 is 19.1 Å². The van der Waals surface area contributed by atoms with Crippen molar-refractivity contribution in [2.75, 3.05) is 6.61 Å². The molecule has 0 aliphatic rings. The second-order valence-corrected chi connectivity index (χ2v) is 5.62. The highest BCUT2D eigenvalue weighted by Crippen LogP contribution is 2.14. The number of hydrogen-bond acceptors (Lipinski definition) is 5. The van der Waals surface area contributed by atoms with Crippen molar-refractivity contribution in [3.63, 3.8) is 0 Å². The van der Waals surface area contributed by atoms with Crippen LogP contribution in [-0.4, -0.2) is 33.8 Å². The van der Waals surface area contributed by atoms with E-state index in [0.29, 0.717) is 12.3 Å². The number of alkyl carbamates (subject to hydrolysis) is 1. The number of nitrogens with zero attached hydrogens (tertiary/aromatic N) is 2. The molecule has 1 N–H and O–H groups in total. The normalized spacial score (nSPS) is 12.6. The summed E-state index contributed by atoms with van der Waals surface area (Å²) < 4.78 is 11.7. The highest BCUT2D eigenvalue weighted by atomic mass is 16.6. The lowest BCUT2D eigenvalue weighted by atomic mass is 10.2. The summed E-state index contributed by atoms with van der Waals surface area (Å²) in [4.78, 5) is 27.3. The van der Waals surface area contributed by atoms with Gasteiger partial charge in [-0.1, -0.05) is 0 Å². The molecule has 1 aromatic heterocycles. The summed E-state index contributed by atoms with van der Waals surface area (Å²) in [6.45, 7) is 9.31. The molecule has 21 heavy (non-hydrogen) atoms. The van der Waals surface area contributed by atoms with Crippen LogP contribution in [-0.2, 0) is 20.8 Å². The van der Waals surface area contributed by atoms with Gasteiger partial charge in [-0.15, -0.1) is 0 Å². The maximum atomic E-state index is 11.7. The first kappa shape index (κ1) is 17.0. The lowest BCUT2D eigenvalue weighted by molar-refractivity contribution is -0.143. The van der Waals surface area contributed by atoms with Crippen molar-refractivity contribution in [3.8, 4) is 0 Å². The monoisotopic (exact) mass is 297 g/mol. The van der Waals surface area contributed by atoms with Crippen LogP contribution < -0.4 is 5.32 Å². The number of aromatic nitrogens is 2. The van der Waals surface area contributed by atoms with Crippen molar-refractivity contribution in [1.82, 2.24) is 14.9 Å². The van der Waals surface area contributed by atoms with Crippen molar-refractivity contribution in [1.29, 1.82) is 0 Å². The van der Waals surface area contributed by atoms with E-state index in [-0.39, 0.29) is 18.6 Å². The molecule has 1 rings (SSSR count). The number of imidazole rings is 1. The Labute approximate surface area is 124 Å².